The second-order valence-corrected chi connectivity index (χ2v) is 6.68. The van der Waals surface area contributed by atoms with Crippen molar-refractivity contribution >= 4 is 5.84 Å². The Bertz CT molecular complexity index is 435. The third-order valence-corrected chi connectivity index (χ3v) is 4.37. The number of amidine groups is 1. The molecule has 3 N–H and O–H groups in total. The lowest BCUT2D eigenvalue weighted by molar-refractivity contribution is 0.120. The van der Waals surface area contributed by atoms with Crippen LogP contribution >= 0.6 is 0 Å². The summed E-state index contributed by atoms with van der Waals surface area (Å²) in [5.41, 5.74) is 7.05. The molecule has 0 spiro atoms. The van der Waals surface area contributed by atoms with Gasteiger partial charge in [0.1, 0.15) is 0 Å². The summed E-state index contributed by atoms with van der Waals surface area (Å²) in [6.45, 7) is 5.63. The van der Waals surface area contributed by atoms with Gasteiger partial charge in [-0.1, -0.05) is 57.0 Å². The number of benzene rings is 1. The molecular formula is C18H29N3. The van der Waals surface area contributed by atoms with Crippen molar-refractivity contribution in [3.05, 3.63) is 35.9 Å². The summed E-state index contributed by atoms with van der Waals surface area (Å²) >= 11 is 0. The minimum absolute atomic E-state index is 0.245. The van der Waals surface area contributed by atoms with Crippen LogP contribution in [0.5, 0.6) is 0 Å². The largest absolute Gasteiger partial charge is 0.388 e. The van der Waals surface area contributed by atoms with E-state index in [2.05, 4.69) is 49.1 Å². The molecule has 0 bridgehead atoms. The third-order valence-electron chi connectivity index (χ3n) is 4.37. The third kappa shape index (κ3) is 4.57. The van der Waals surface area contributed by atoms with E-state index < -0.39 is 0 Å². The second-order valence-electron chi connectivity index (χ2n) is 6.68. The zero-order chi connectivity index (χ0) is 15.2. The summed E-state index contributed by atoms with van der Waals surface area (Å²) in [7, 11) is 0. The van der Waals surface area contributed by atoms with E-state index in [1.807, 2.05) is 0 Å². The van der Waals surface area contributed by atoms with Gasteiger partial charge in [-0.25, -0.2) is 0 Å². The standard InChI is InChI=1S/C18H29N3/c1-14(2)13-21(16-10-6-7-11-16)17(12-18(19)20)15-8-4-3-5-9-15/h3-5,8-9,14,16-17H,6-7,10-13H2,1-2H3,(H3,19,20). The Hall–Kier alpha value is -1.35. The van der Waals surface area contributed by atoms with Crippen LogP contribution in [0.15, 0.2) is 30.3 Å². The van der Waals surface area contributed by atoms with Gasteiger partial charge in [-0.3, -0.25) is 10.3 Å². The fourth-order valence-electron chi connectivity index (χ4n) is 3.50. The van der Waals surface area contributed by atoms with Gasteiger partial charge in [0.25, 0.3) is 0 Å². The molecule has 2 rings (SSSR count). The van der Waals surface area contributed by atoms with Crippen LogP contribution in [0.3, 0.4) is 0 Å². The molecule has 1 fully saturated rings. The molecule has 3 heteroatoms. The number of hydrogen-bond donors (Lipinski definition) is 2. The molecule has 1 saturated carbocycles. The summed E-state index contributed by atoms with van der Waals surface area (Å²) in [6, 6.07) is 11.5. The lowest BCUT2D eigenvalue weighted by Gasteiger charge is -2.38. The topological polar surface area (TPSA) is 53.1 Å². The average molecular weight is 287 g/mol. The van der Waals surface area contributed by atoms with E-state index in [4.69, 9.17) is 11.1 Å². The highest BCUT2D eigenvalue weighted by Gasteiger charge is 2.30. The average Bonchev–Trinajstić information content (AvgIpc) is 2.97. The van der Waals surface area contributed by atoms with Gasteiger partial charge < -0.3 is 5.73 Å². The Labute approximate surface area is 129 Å². The van der Waals surface area contributed by atoms with E-state index >= 15 is 0 Å². The van der Waals surface area contributed by atoms with Crippen LogP contribution in [0, 0.1) is 11.3 Å². The maximum atomic E-state index is 7.77. The first-order valence-corrected chi connectivity index (χ1v) is 8.21. The molecule has 116 valence electrons. The first kappa shape index (κ1) is 16.0. The lowest BCUT2D eigenvalue weighted by atomic mass is 9.97. The van der Waals surface area contributed by atoms with E-state index in [0.29, 0.717) is 18.4 Å². The summed E-state index contributed by atoms with van der Waals surface area (Å²) in [6.07, 6.45) is 5.87. The number of nitrogens with one attached hydrogen (secondary N) is 1. The smallest absolute Gasteiger partial charge is 0.0924 e. The monoisotopic (exact) mass is 287 g/mol. The molecule has 0 radical (unpaired) electrons. The van der Waals surface area contributed by atoms with Gasteiger partial charge in [-0.05, 0) is 24.3 Å². The van der Waals surface area contributed by atoms with Crippen LogP contribution in [-0.4, -0.2) is 23.3 Å². The van der Waals surface area contributed by atoms with Gasteiger partial charge >= 0.3 is 0 Å². The minimum Gasteiger partial charge on any atom is -0.388 e. The molecule has 1 aliphatic rings. The van der Waals surface area contributed by atoms with Crippen molar-refractivity contribution in [2.45, 2.75) is 58.0 Å². The Kier molecular flexibility index (Phi) is 5.80. The van der Waals surface area contributed by atoms with Gasteiger partial charge in [0.15, 0.2) is 0 Å². The van der Waals surface area contributed by atoms with Crippen LogP contribution in [0.25, 0.3) is 0 Å². The first-order chi connectivity index (χ1) is 10.1. The molecular weight excluding hydrogens is 258 g/mol. The summed E-state index contributed by atoms with van der Waals surface area (Å²) in [4.78, 5) is 2.62. The molecule has 1 atom stereocenters. The number of hydrogen-bond acceptors (Lipinski definition) is 2. The second kappa shape index (κ2) is 7.60. The van der Waals surface area contributed by atoms with Crippen LogP contribution in [0.1, 0.15) is 57.6 Å². The Morgan fingerprint density at radius 3 is 2.38 bits per heavy atom. The van der Waals surface area contributed by atoms with E-state index in [1.165, 1.54) is 31.2 Å². The van der Waals surface area contributed by atoms with Crippen LogP contribution in [-0.2, 0) is 0 Å². The van der Waals surface area contributed by atoms with Crippen LogP contribution in [0.4, 0.5) is 0 Å². The Morgan fingerprint density at radius 1 is 1.24 bits per heavy atom. The summed E-state index contributed by atoms with van der Waals surface area (Å²) in [5.74, 6) is 0.916. The fraction of sp³-hybridized carbons (Fsp3) is 0.611. The highest BCUT2D eigenvalue weighted by atomic mass is 15.2. The molecule has 0 amide bonds. The van der Waals surface area contributed by atoms with Crippen molar-refractivity contribution in [1.29, 1.82) is 5.41 Å². The van der Waals surface area contributed by atoms with Gasteiger partial charge in [0.05, 0.1) is 5.84 Å². The maximum absolute atomic E-state index is 7.77. The molecule has 0 aliphatic heterocycles. The van der Waals surface area contributed by atoms with E-state index in [1.54, 1.807) is 0 Å². The molecule has 0 saturated heterocycles. The van der Waals surface area contributed by atoms with Crippen molar-refractivity contribution in [1.82, 2.24) is 4.90 Å². The van der Waals surface area contributed by atoms with Crippen LogP contribution in [0.2, 0.25) is 0 Å². The van der Waals surface area contributed by atoms with Crippen molar-refractivity contribution in [3.8, 4) is 0 Å². The maximum Gasteiger partial charge on any atom is 0.0924 e. The highest BCUT2D eigenvalue weighted by Crippen LogP contribution is 2.33. The predicted molar refractivity (Wildman–Crippen MR) is 89.5 cm³/mol. The van der Waals surface area contributed by atoms with E-state index in [0.717, 1.165) is 6.54 Å². The molecule has 1 unspecified atom stereocenters. The lowest BCUT2D eigenvalue weighted by Crippen LogP contribution is -2.40. The predicted octanol–water partition coefficient (Wildman–Crippen LogP) is 3.95. The Balaban J connectivity index is 2.26. The number of rotatable bonds is 7. The minimum atomic E-state index is 0.245. The quantitative estimate of drug-likeness (QED) is 0.589. The SMILES string of the molecule is CC(C)CN(C1CCCC1)C(CC(=N)N)c1ccccc1. The van der Waals surface area contributed by atoms with Gasteiger partial charge in [-0.2, -0.15) is 0 Å². The highest BCUT2D eigenvalue weighted by molar-refractivity contribution is 5.77. The summed E-state index contributed by atoms with van der Waals surface area (Å²) < 4.78 is 0. The van der Waals surface area contributed by atoms with Crippen molar-refractivity contribution in [2.24, 2.45) is 11.7 Å². The normalized spacial score (nSPS) is 17.5. The Morgan fingerprint density at radius 2 is 1.86 bits per heavy atom. The molecule has 21 heavy (non-hydrogen) atoms. The van der Waals surface area contributed by atoms with Crippen molar-refractivity contribution in [2.75, 3.05) is 6.54 Å². The van der Waals surface area contributed by atoms with E-state index in [-0.39, 0.29) is 11.9 Å². The molecule has 1 aromatic rings. The molecule has 1 aromatic carbocycles. The van der Waals surface area contributed by atoms with Crippen molar-refractivity contribution in [3.63, 3.8) is 0 Å². The van der Waals surface area contributed by atoms with Gasteiger partial charge in [-0.15, -0.1) is 0 Å². The van der Waals surface area contributed by atoms with Crippen LogP contribution < -0.4 is 5.73 Å². The van der Waals surface area contributed by atoms with Gasteiger partial charge in [0.2, 0.25) is 0 Å². The van der Waals surface area contributed by atoms with Gasteiger partial charge in [0, 0.05) is 25.0 Å². The zero-order valence-corrected chi connectivity index (χ0v) is 13.4. The molecule has 1 aliphatic carbocycles. The molecule has 0 heterocycles. The summed E-state index contributed by atoms with van der Waals surface area (Å²) in [5, 5.41) is 7.77. The number of nitrogens with two attached hydrogens (primary N) is 1. The van der Waals surface area contributed by atoms with E-state index in [9.17, 15) is 0 Å². The first-order valence-electron chi connectivity index (χ1n) is 8.21. The molecule has 3 nitrogen and oxygen atoms in total. The fourth-order valence-corrected chi connectivity index (χ4v) is 3.50. The zero-order valence-electron chi connectivity index (χ0n) is 13.4. The number of nitrogens with zero attached hydrogens (tertiary/aromatic N) is 1. The van der Waals surface area contributed by atoms with Crippen molar-refractivity contribution < 1.29 is 0 Å². The molecule has 0 aromatic heterocycles.